The minimum absolute atomic E-state index is 0.211. The zero-order valence-electron chi connectivity index (χ0n) is 21.7. The molecule has 5 rings (SSSR count). The van der Waals surface area contributed by atoms with Crippen LogP contribution >= 0.6 is 31.9 Å². The summed E-state index contributed by atoms with van der Waals surface area (Å²) < 4.78 is 15.1. The fourth-order valence-electron chi connectivity index (χ4n) is 4.42. The molecule has 6 nitrogen and oxygen atoms in total. The number of benzene rings is 4. The van der Waals surface area contributed by atoms with E-state index in [-0.39, 0.29) is 5.56 Å². The van der Waals surface area contributed by atoms with Crippen molar-refractivity contribution < 1.29 is 9.47 Å². The molecule has 0 bridgehead atoms. The number of hydrogen-bond acceptors (Lipinski definition) is 5. The van der Waals surface area contributed by atoms with E-state index in [1.165, 1.54) is 10.1 Å². The Morgan fingerprint density at radius 3 is 2.54 bits per heavy atom. The lowest BCUT2D eigenvalue weighted by molar-refractivity contribution is 0.270. The Kier molecular flexibility index (Phi) is 8.43. The van der Waals surface area contributed by atoms with Crippen LogP contribution in [0.4, 0.5) is 0 Å². The van der Waals surface area contributed by atoms with Crippen LogP contribution in [-0.2, 0) is 13.0 Å². The van der Waals surface area contributed by atoms with Crippen molar-refractivity contribution in [3.63, 3.8) is 0 Å². The van der Waals surface area contributed by atoms with E-state index in [1.807, 2.05) is 56.3 Å². The van der Waals surface area contributed by atoms with E-state index in [4.69, 9.17) is 14.5 Å². The number of aryl methyl sites for hydroxylation is 1. The number of ether oxygens (including phenoxy) is 2. The first-order valence-electron chi connectivity index (χ1n) is 12.8. The monoisotopic (exact) mass is 647 g/mol. The Bertz CT molecular complexity index is 1740. The molecule has 8 heteroatoms. The smallest absolute Gasteiger partial charge is 0.282 e. The van der Waals surface area contributed by atoms with Gasteiger partial charge < -0.3 is 9.47 Å². The van der Waals surface area contributed by atoms with Crippen LogP contribution in [0.1, 0.15) is 37.2 Å². The molecule has 0 N–H and O–H groups in total. The van der Waals surface area contributed by atoms with Gasteiger partial charge in [0, 0.05) is 20.9 Å². The Morgan fingerprint density at radius 2 is 1.72 bits per heavy atom. The summed E-state index contributed by atoms with van der Waals surface area (Å²) in [6, 6.07) is 23.7. The van der Waals surface area contributed by atoms with Crippen molar-refractivity contribution in [3.8, 4) is 11.5 Å². The van der Waals surface area contributed by atoms with Gasteiger partial charge in [0.25, 0.3) is 5.56 Å². The van der Waals surface area contributed by atoms with Crippen molar-refractivity contribution in [2.75, 3.05) is 6.61 Å². The first-order chi connectivity index (χ1) is 19.0. The SMILES string of the molecule is CCCc1nc2ccc(Br)cc2c(=O)n1N=Cc1cc(OCC)c(OCc2cccc3ccccc23)cc1Br. The van der Waals surface area contributed by atoms with E-state index < -0.39 is 0 Å². The normalized spacial score (nSPS) is 11.5. The van der Waals surface area contributed by atoms with Gasteiger partial charge in [-0.3, -0.25) is 4.79 Å². The van der Waals surface area contributed by atoms with Gasteiger partial charge in [0.1, 0.15) is 12.4 Å². The Hall–Kier alpha value is -3.49. The third-order valence-corrected chi connectivity index (χ3v) is 7.47. The second-order valence-corrected chi connectivity index (χ2v) is 10.8. The molecular weight excluding hydrogens is 622 g/mol. The van der Waals surface area contributed by atoms with Gasteiger partial charge in [0.15, 0.2) is 11.5 Å². The van der Waals surface area contributed by atoms with Crippen molar-refractivity contribution in [1.29, 1.82) is 0 Å². The van der Waals surface area contributed by atoms with Crippen LogP contribution in [0.3, 0.4) is 0 Å². The van der Waals surface area contributed by atoms with Gasteiger partial charge in [-0.05, 0) is 75.9 Å². The summed E-state index contributed by atoms with van der Waals surface area (Å²) in [6.07, 6.45) is 3.11. The molecule has 39 heavy (non-hydrogen) atoms. The highest BCUT2D eigenvalue weighted by Crippen LogP contribution is 2.34. The first kappa shape index (κ1) is 27.1. The van der Waals surface area contributed by atoms with Crippen molar-refractivity contribution in [3.05, 3.63) is 109 Å². The molecule has 5 aromatic rings. The summed E-state index contributed by atoms with van der Waals surface area (Å²) in [6.45, 7) is 4.86. The van der Waals surface area contributed by atoms with E-state index >= 15 is 0 Å². The summed E-state index contributed by atoms with van der Waals surface area (Å²) in [4.78, 5) is 18.1. The molecule has 0 aliphatic carbocycles. The minimum Gasteiger partial charge on any atom is -0.490 e. The molecule has 0 amide bonds. The Labute approximate surface area is 243 Å². The molecule has 1 heterocycles. The van der Waals surface area contributed by atoms with Crippen LogP contribution in [0, 0.1) is 0 Å². The highest BCUT2D eigenvalue weighted by atomic mass is 79.9. The van der Waals surface area contributed by atoms with Crippen LogP contribution in [0.2, 0.25) is 0 Å². The first-order valence-corrected chi connectivity index (χ1v) is 14.4. The number of fused-ring (bicyclic) bond motifs is 2. The minimum atomic E-state index is -0.211. The zero-order chi connectivity index (χ0) is 27.4. The van der Waals surface area contributed by atoms with Crippen molar-refractivity contribution >= 4 is 59.7 Å². The molecule has 0 fully saturated rings. The van der Waals surface area contributed by atoms with Crippen molar-refractivity contribution in [2.45, 2.75) is 33.3 Å². The lowest BCUT2D eigenvalue weighted by Gasteiger charge is -2.15. The van der Waals surface area contributed by atoms with Crippen molar-refractivity contribution in [1.82, 2.24) is 9.66 Å². The predicted molar refractivity (Wildman–Crippen MR) is 164 cm³/mol. The van der Waals surface area contributed by atoms with E-state index in [0.717, 1.165) is 31.9 Å². The maximum atomic E-state index is 13.4. The maximum Gasteiger partial charge on any atom is 0.282 e. The van der Waals surface area contributed by atoms with Crippen LogP contribution in [0.25, 0.3) is 21.7 Å². The van der Waals surface area contributed by atoms with Gasteiger partial charge in [-0.1, -0.05) is 65.3 Å². The fraction of sp³-hybridized carbons (Fsp3) is 0.194. The van der Waals surface area contributed by atoms with Crippen LogP contribution in [0.15, 0.2) is 91.6 Å². The molecule has 0 saturated heterocycles. The second kappa shape index (κ2) is 12.1. The largest absolute Gasteiger partial charge is 0.490 e. The zero-order valence-corrected chi connectivity index (χ0v) is 24.8. The van der Waals surface area contributed by atoms with Crippen LogP contribution in [0.5, 0.6) is 11.5 Å². The lowest BCUT2D eigenvalue weighted by atomic mass is 10.1. The summed E-state index contributed by atoms with van der Waals surface area (Å²) in [5, 5.41) is 7.40. The van der Waals surface area contributed by atoms with Crippen LogP contribution in [-0.4, -0.2) is 22.5 Å². The third-order valence-electron chi connectivity index (χ3n) is 6.29. The van der Waals surface area contributed by atoms with Gasteiger partial charge in [-0.25, -0.2) is 4.98 Å². The number of halogens is 2. The number of rotatable bonds is 9. The predicted octanol–water partition coefficient (Wildman–Crippen LogP) is 7.89. The van der Waals surface area contributed by atoms with E-state index in [0.29, 0.717) is 47.9 Å². The van der Waals surface area contributed by atoms with Gasteiger partial charge in [0.05, 0.1) is 23.7 Å². The van der Waals surface area contributed by atoms with Gasteiger partial charge in [-0.2, -0.15) is 9.78 Å². The van der Waals surface area contributed by atoms with E-state index in [9.17, 15) is 4.79 Å². The number of hydrogen-bond donors (Lipinski definition) is 0. The quantitative estimate of drug-likeness (QED) is 0.153. The van der Waals surface area contributed by atoms with Crippen LogP contribution < -0.4 is 15.0 Å². The van der Waals surface area contributed by atoms with Gasteiger partial charge in [0.2, 0.25) is 0 Å². The number of aromatic nitrogens is 2. The Morgan fingerprint density at radius 1 is 0.923 bits per heavy atom. The summed E-state index contributed by atoms with van der Waals surface area (Å²) >= 11 is 7.10. The molecule has 0 saturated carbocycles. The molecule has 0 radical (unpaired) electrons. The van der Waals surface area contributed by atoms with Gasteiger partial charge >= 0.3 is 0 Å². The molecule has 0 unspecified atom stereocenters. The molecule has 0 spiro atoms. The average molecular weight is 649 g/mol. The number of nitrogens with zero attached hydrogens (tertiary/aromatic N) is 3. The van der Waals surface area contributed by atoms with Gasteiger partial charge in [-0.15, -0.1) is 0 Å². The lowest BCUT2D eigenvalue weighted by Crippen LogP contribution is -2.22. The summed E-state index contributed by atoms with van der Waals surface area (Å²) in [7, 11) is 0. The van der Waals surface area contributed by atoms with E-state index in [1.54, 1.807) is 12.3 Å². The molecule has 0 aliphatic heterocycles. The summed E-state index contributed by atoms with van der Waals surface area (Å²) in [5.41, 5.74) is 2.29. The van der Waals surface area contributed by atoms with E-state index in [2.05, 4.69) is 61.2 Å². The summed E-state index contributed by atoms with van der Waals surface area (Å²) in [5.74, 6) is 1.84. The molecular formula is C31H27Br2N3O3. The molecule has 4 aromatic carbocycles. The molecule has 0 atom stereocenters. The standard InChI is InChI=1S/C31H27Br2N3O3/c1-3-8-30-35-27-14-13-23(32)16-25(27)31(37)36(30)34-18-22-15-28(38-4-2)29(17-26(22)33)39-19-21-11-7-10-20-9-5-6-12-24(20)21/h5-7,9-18H,3-4,8,19H2,1-2H3. The average Bonchev–Trinajstić information content (AvgIpc) is 2.94. The maximum absolute atomic E-state index is 13.4. The third kappa shape index (κ3) is 5.92. The Balaban J connectivity index is 1.48. The van der Waals surface area contributed by atoms with Crippen molar-refractivity contribution in [2.24, 2.45) is 5.10 Å². The molecule has 0 aliphatic rings. The highest BCUT2D eigenvalue weighted by molar-refractivity contribution is 9.10. The second-order valence-electron chi connectivity index (χ2n) is 8.98. The topological polar surface area (TPSA) is 65.7 Å². The molecule has 1 aromatic heterocycles. The fourth-order valence-corrected chi connectivity index (χ4v) is 5.21. The molecule has 198 valence electrons. The highest BCUT2D eigenvalue weighted by Gasteiger charge is 2.13.